The number of likely N-dealkylation sites (N-methyl/N-ethyl adjacent to an activating group) is 2. The van der Waals surface area contributed by atoms with Crippen LogP contribution in [0.1, 0.15) is 99.1 Å². The van der Waals surface area contributed by atoms with Crippen LogP contribution in [-0.2, 0) is 30.3 Å². The number of pyridine rings is 1. The van der Waals surface area contributed by atoms with Crippen molar-refractivity contribution in [1.29, 1.82) is 0 Å². The zero-order valence-corrected chi connectivity index (χ0v) is 34.1. The Labute approximate surface area is 318 Å². The van der Waals surface area contributed by atoms with Crippen LogP contribution in [0.4, 0.5) is 0 Å². The highest BCUT2D eigenvalue weighted by Gasteiger charge is 2.42. The van der Waals surface area contributed by atoms with Gasteiger partial charge < -0.3 is 25.0 Å². The second-order valence-electron chi connectivity index (χ2n) is 16.1. The molecule has 10 heteroatoms. The van der Waals surface area contributed by atoms with E-state index in [4.69, 9.17) is 4.74 Å². The number of methoxy groups -OCH3 is 1. The number of nitrogens with one attached hydrogen (secondary N) is 1. The largest absolute Gasteiger partial charge is 0.396 e. The molecule has 0 bridgehead atoms. The minimum atomic E-state index is -0.577. The van der Waals surface area contributed by atoms with Gasteiger partial charge in [0, 0.05) is 81.2 Å². The first-order valence-corrected chi connectivity index (χ1v) is 20.0. The summed E-state index contributed by atoms with van der Waals surface area (Å²) >= 11 is 0. The van der Waals surface area contributed by atoms with Gasteiger partial charge in [-0.1, -0.05) is 79.2 Å². The van der Waals surface area contributed by atoms with E-state index in [1.54, 1.807) is 26.1 Å². The number of ether oxygens (including phenoxy) is 1. The van der Waals surface area contributed by atoms with Gasteiger partial charge in [-0.15, -0.1) is 0 Å². The summed E-state index contributed by atoms with van der Waals surface area (Å²) in [5, 5.41) is 15.9. The molecule has 10 nitrogen and oxygen atoms in total. The van der Waals surface area contributed by atoms with Crippen LogP contribution in [0.5, 0.6) is 0 Å². The van der Waals surface area contributed by atoms with Crippen LogP contribution in [0, 0.1) is 35.5 Å². The average molecular weight is 737 g/mol. The van der Waals surface area contributed by atoms with Gasteiger partial charge in [-0.3, -0.25) is 24.2 Å². The Kier molecular flexibility index (Phi) is 17.5. The number of aliphatic hydroxyl groups is 1. The molecule has 1 unspecified atom stereocenters. The molecule has 1 aromatic carbocycles. The van der Waals surface area contributed by atoms with E-state index in [2.05, 4.69) is 36.3 Å². The van der Waals surface area contributed by atoms with Gasteiger partial charge in [0.2, 0.25) is 11.8 Å². The molecule has 2 heterocycles. The van der Waals surface area contributed by atoms with Gasteiger partial charge in [-0.2, -0.15) is 0 Å². The summed E-state index contributed by atoms with van der Waals surface area (Å²) < 4.78 is 6.03. The van der Waals surface area contributed by atoms with Crippen LogP contribution in [0.25, 0.3) is 10.8 Å². The van der Waals surface area contributed by atoms with Crippen molar-refractivity contribution in [3.63, 3.8) is 0 Å². The summed E-state index contributed by atoms with van der Waals surface area (Å²) in [6.45, 7) is 14.3. The summed E-state index contributed by atoms with van der Waals surface area (Å²) in [5.74, 6) is -1.33. The summed E-state index contributed by atoms with van der Waals surface area (Å²) in [4.78, 5) is 63.3. The fraction of sp³-hybridized carbons (Fsp3) is 0.698. The molecule has 53 heavy (non-hydrogen) atoms. The Hall–Kier alpha value is -3.21. The zero-order valence-electron chi connectivity index (χ0n) is 34.1. The van der Waals surface area contributed by atoms with E-state index in [1.807, 2.05) is 63.9 Å². The van der Waals surface area contributed by atoms with E-state index in [1.165, 1.54) is 0 Å². The van der Waals surface area contributed by atoms with Crippen LogP contribution >= 0.6 is 0 Å². The van der Waals surface area contributed by atoms with E-state index in [-0.39, 0.29) is 78.6 Å². The Morgan fingerprint density at radius 3 is 2.28 bits per heavy atom. The molecule has 2 aromatic rings. The van der Waals surface area contributed by atoms with Gasteiger partial charge in [-0.25, -0.2) is 0 Å². The number of nitrogens with zero attached hydrogens (tertiary/aromatic N) is 3. The van der Waals surface area contributed by atoms with Crippen LogP contribution < -0.4 is 5.32 Å². The van der Waals surface area contributed by atoms with Crippen LogP contribution in [-0.4, -0.2) is 102 Å². The average Bonchev–Trinajstić information content (AvgIpc) is 3.62. The highest BCUT2D eigenvalue weighted by molar-refractivity contribution is 5.90. The first kappa shape index (κ1) is 44.2. The van der Waals surface area contributed by atoms with Crippen molar-refractivity contribution in [2.24, 2.45) is 35.5 Å². The molecule has 1 aliphatic rings. The van der Waals surface area contributed by atoms with Gasteiger partial charge >= 0.3 is 0 Å². The molecular formula is C43H68N4O6. The van der Waals surface area contributed by atoms with Crippen molar-refractivity contribution < 1.29 is 29.0 Å². The van der Waals surface area contributed by atoms with Crippen molar-refractivity contribution in [2.75, 3.05) is 34.4 Å². The number of rotatable bonds is 22. The van der Waals surface area contributed by atoms with E-state index in [0.29, 0.717) is 32.2 Å². The Balaban J connectivity index is 1.70. The number of benzene rings is 1. The summed E-state index contributed by atoms with van der Waals surface area (Å²) in [6.07, 6.45) is 5.52. The van der Waals surface area contributed by atoms with Crippen molar-refractivity contribution >= 4 is 34.2 Å². The monoisotopic (exact) mass is 737 g/mol. The molecule has 2 N–H and O–H groups in total. The molecule has 1 aliphatic heterocycles. The number of fused-ring (bicyclic) bond motifs is 1. The van der Waals surface area contributed by atoms with Gasteiger partial charge in [0.1, 0.15) is 5.78 Å². The quantitative estimate of drug-likeness (QED) is 0.148. The molecule has 3 rings (SSSR count). The van der Waals surface area contributed by atoms with Crippen LogP contribution in [0.15, 0.2) is 36.5 Å². The molecule has 1 saturated heterocycles. The lowest BCUT2D eigenvalue weighted by Crippen LogP contribution is -2.54. The summed E-state index contributed by atoms with van der Waals surface area (Å²) in [6, 6.07) is 9.18. The van der Waals surface area contributed by atoms with Crippen molar-refractivity contribution in [3.8, 4) is 0 Å². The topological polar surface area (TPSA) is 129 Å². The third-order valence-electron chi connectivity index (χ3n) is 12.0. The molecule has 0 saturated carbocycles. The number of amides is 2. The van der Waals surface area contributed by atoms with Gasteiger partial charge in [-0.05, 0) is 61.9 Å². The number of hydrogen-bond donors (Lipinski definition) is 2. The van der Waals surface area contributed by atoms with E-state index in [9.17, 15) is 24.3 Å². The normalized spacial score (nSPS) is 18.8. The second kappa shape index (κ2) is 21.0. The molecule has 0 radical (unpaired) electrons. The molecule has 0 aliphatic carbocycles. The SMILES string of the molecule is CC[C@H](C)C([C@@H](CC(=O)N1CCC[C@H]1[C@H](CO)[C@@H](C)C(=O)CCCc1cc2ccccc2cn1)OC)N(C)C(=O)[C@@H](CC(=O)[C@@H](NC)C(C)C)C(C)C. The Morgan fingerprint density at radius 1 is 1.02 bits per heavy atom. The summed E-state index contributed by atoms with van der Waals surface area (Å²) in [5.41, 5.74) is 0.952. The van der Waals surface area contributed by atoms with Crippen LogP contribution in [0.3, 0.4) is 0 Å². The minimum absolute atomic E-state index is 0.0213. The molecule has 8 atom stereocenters. The number of likely N-dealkylation sites (tertiary alicyclic amines) is 1. The number of ketones is 2. The lowest BCUT2D eigenvalue weighted by Gasteiger charge is -2.41. The molecular weight excluding hydrogens is 668 g/mol. The number of hydrogen-bond acceptors (Lipinski definition) is 8. The molecule has 1 aromatic heterocycles. The van der Waals surface area contributed by atoms with E-state index >= 15 is 0 Å². The summed E-state index contributed by atoms with van der Waals surface area (Å²) in [7, 11) is 5.14. The molecule has 0 spiro atoms. The standard InChI is InChI=1S/C43H68N4O6/c1-11-29(6)42(46(9)43(52)34(27(2)3)23-38(50)41(44-8)28(4)5)39(53-10)24-40(51)47-21-15-19-36(47)35(26-48)30(7)37(49)20-14-18-33-22-31-16-12-13-17-32(31)25-45-33/h12-13,16-17,22,25,27-30,34-36,39,41-42,44,48H,11,14-15,18-21,23-24,26H2,1-10H3/t29-,30+,34-,35+,36-,39+,41-,42?/m0/s1. The number of aliphatic hydroxyl groups excluding tert-OH is 1. The van der Waals surface area contributed by atoms with E-state index in [0.717, 1.165) is 29.3 Å². The van der Waals surface area contributed by atoms with Gasteiger partial charge in [0.05, 0.1) is 24.6 Å². The Bertz CT molecular complexity index is 1500. The smallest absolute Gasteiger partial charge is 0.226 e. The van der Waals surface area contributed by atoms with Gasteiger partial charge in [0.15, 0.2) is 5.78 Å². The predicted molar refractivity (Wildman–Crippen MR) is 211 cm³/mol. The number of aryl methyl sites for hydroxylation is 1. The molecule has 296 valence electrons. The van der Waals surface area contributed by atoms with E-state index < -0.39 is 24.0 Å². The van der Waals surface area contributed by atoms with Gasteiger partial charge in [0.25, 0.3) is 0 Å². The van der Waals surface area contributed by atoms with Crippen molar-refractivity contribution in [2.45, 2.75) is 124 Å². The maximum Gasteiger partial charge on any atom is 0.226 e. The molecule has 2 amide bonds. The van der Waals surface area contributed by atoms with Crippen LogP contribution in [0.2, 0.25) is 0 Å². The lowest BCUT2D eigenvalue weighted by atomic mass is 9.82. The number of aromatic nitrogens is 1. The third-order valence-corrected chi connectivity index (χ3v) is 12.0. The number of carbonyl (C=O) groups is 4. The third kappa shape index (κ3) is 11.4. The second-order valence-corrected chi connectivity index (χ2v) is 16.1. The maximum atomic E-state index is 14.2. The first-order chi connectivity index (χ1) is 25.2. The minimum Gasteiger partial charge on any atom is -0.396 e. The van der Waals surface area contributed by atoms with Crippen molar-refractivity contribution in [1.82, 2.24) is 20.1 Å². The zero-order chi connectivity index (χ0) is 39.4. The number of carbonyl (C=O) groups excluding carboxylic acids is 4. The lowest BCUT2D eigenvalue weighted by molar-refractivity contribution is -0.148. The predicted octanol–water partition coefficient (Wildman–Crippen LogP) is 6.12. The van der Waals surface area contributed by atoms with Crippen molar-refractivity contribution in [3.05, 3.63) is 42.2 Å². The highest BCUT2D eigenvalue weighted by atomic mass is 16.5. The number of Topliss-reactive ketones (excluding diaryl/α,β-unsaturated/α-hetero) is 2. The highest BCUT2D eigenvalue weighted by Crippen LogP contribution is 2.33. The Morgan fingerprint density at radius 2 is 1.70 bits per heavy atom. The first-order valence-electron chi connectivity index (χ1n) is 20.0. The molecule has 1 fully saturated rings. The maximum absolute atomic E-state index is 14.2. The fourth-order valence-corrected chi connectivity index (χ4v) is 8.43. The fourth-order valence-electron chi connectivity index (χ4n) is 8.43.